The van der Waals surface area contributed by atoms with Gasteiger partial charge in [0.1, 0.15) is 11.0 Å². The number of nitrogens with two attached hydrogens (primary N) is 1. The highest BCUT2D eigenvalue weighted by Crippen LogP contribution is 2.42. The molecule has 9 heteroatoms. The highest BCUT2D eigenvalue weighted by atomic mass is 35.5. The van der Waals surface area contributed by atoms with Crippen LogP contribution in [0, 0.1) is 13.8 Å². The van der Waals surface area contributed by atoms with Crippen molar-refractivity contribution >= 4 is 29.3 Å². The number of aliphatic hydroxyl groups is 1. The monoisotopic (exact) mass is 444 g/mol. The minimum atomic E-state index is -0.439. The first-order valence-corrected chi connectivity index (χ1v) is 11.1. The van der Waals surface area contributed by atoms with Gasteiger partial charge in [-0.3, -0.25) is 9.78 Å². The number of fused-ring (bicyclic) bond motifs is 1. The molecule has 0 saturated carbocycles. The van der Waals surface area contributed by atoms with E-state index < -0.39 is 6.10 Å². The SMILES string of the molecule is CCc1c(C)cnc(CN2C[C@H](CC(=O)N3CC[C@@H](O)C3)c3c(Cl)nc(N)nc32)c1C. The lowest BCUT2D eigenvalue weighted by Gasteiger charge is -2.22. The lowest BCUT2D eigenvalue weighted by molar-refractivity contribution is -0.130. The number of aliphatic hydroxyl groups excluding tert-OH is 1. The molecule has 0 aliphatic carbocycles. The van der Waals surface area contributed by atoms with Crippen LogP contribution in [0.1, 0.15) is 53.6 Å². The quantitative estimate of drug-likeness (QED) is 0.681. The van der Waals surface area contributed by atoms with E-state index in [9.17, 15) is 9.90 Å². The molecule has 3 N–H and O–H groups in total. The van der Waals surface area contributed by atoms with Gasteiger partial charge in [-0.15, -0.1) is 0 Å². The van der Waals surface area contributed by atoms with Gasteiger partial charge >= 0.3 is 0 Å². The smallest absolute Gasteiger partial charge is 0.223 e. The molecule has 1 fully saturated rings. The number of anilines is 2. The van der Waals surface area contributed by atoms with Gasteiger partial charge in [-0.05, 0) is 43.4 Å². The summed E-state index contributed by atoms with van der Waals surface area (Å²) < 4.78 is 0. The molecule has 2 aliphatic heterocycles. The fourth-order valence-corrected chi connectivity index (χ4v) is 5.13. The average molecular weight is 445 g/mol. The summed E-state index contributed by atoms with van der Waals surface area (Å²) in [6.07, 6.45) is 3.34. The van der Waals surface area contributed by atoms with Crippen molar-refractivity contribution < 1.29 is 9.90 Å². The van der Waals surface area contributed by atoms with Crippen molar-refractivity contribution in [2.24, 2.45) is 0 Å². The highest BCUT2D eigenvalue weighted by Gasteiger charge is 2.37. The Morgan fingerprint density at radius 3 is 2.77 bits per heavy atom. The second-order valence-electron chi connectivity index (χ2n) is 8.52. The van der Waals surface area contributed by atoms with Crippen LogP contribution < -0.4 is 10.6 Å². The zero-order valence-corrected chi connectivity index (χ0v) is 19.0. The Morgan fingerprint density at radius 2 is 2.10 bits per heavy atom. The molecular weight excluding hydrogens is 416 g/mol. The van der Waals surface area contributed by atoms with Gasteiger partial charge in [0.25, 0.3) is 0 Å². The molecule has 2 aromatic rings. The van der Waals surface area contributed by atoms with Gasteiger partial charge in [0.2, 0.25) is 11.9 Å². The van der Waals surface area contributed by atoms with Crippen molar-refractivity contribution in [3.05, 3.63) is 39.3 Å². The zero-order valence-electron chi connectivity index (χ0n) is 18.2. The molecule has 1 amide bonds. The predicted octanol–water partition coefficient (Wildman–Crippen LogP) is 2.37. The molecule has 8 nitrogen and oxygen atoms in total. The summed E-state index contributed by atoms with van der Waals surface area (Å²) in [5.74, 6) is 0.674. The van der Waals surface area contributed by atoms with Crippen LogP contribution in [0.5, 0.6) is 0 Å². The molecule has 4 rings (SSSR count). The number of nitrogen functional groups attached to an aromatic ring is 1. The molecule has 2 aliphatic rings. The fourth-order valence-electron chi connectivity index (χ4n) is 4.80. The van der Waals surface area contributed by atoms with Crippen molar-refractivity contribution in [1.82, 2.24) is 19.9 Å². The predicted molar refractivity (Wildman–Crippen MR) is 120 cm³/mol. The minimum absolute atomic E-state index is 0.0140. The van der Waals surface area contributed by atoms with E-state index in [1.807, 2.05) is 6.20 Å². The van der Waals surface area contributed by atoms with Crippen LogP contribution in [0.15, 0.2) is 6.20 Å². The number of β-amino-alcohol motifs (C(OH)–C–C–N with tert-alkyl or cyclic N) is 1. The van der Waals surface area contributed by atoms with E-state index in [0.717, 1.165) is 17.7 Å². The molecule has 0 bridgehead atoms. The van der Waals surface area contributed by atoms with Crippen LogP contribution in [0.25, 0.3) is 0 Å². The van der Waals surface area contributed by atoms with E-state index >= 15 is 0 Å². The Kier molecular flexibility index (Phi) is 6.03. The van der Waals surface area contributed by atoms with Crippen molar-refractivity contribution in [3.63, 3.8) is 0 Å². The fraction of sp³-hybridized carbons (Fsp3) is 0.545. The van der Waals surface area contributed by atoms with Gasteiger partial charge in [-0.25, -0.2) is 4.98 Å². The van der Waals surface area contributed by atoms with Crippen LogP contribution in [0.3, 0.4) is 0 Å². The number of likely N-dealkylation sites (tertiary alicyclic amines) is 1. The van der Waals surface area contributed by atoms with Crippen LogP contribution in [0.4, 0.5) is 11.8 Å². The van der Waals surface area contributed by atoms with Crippen molar-refractivity contribution in [3.8, 4) is 0 Å². The Morgan fingerprint density at radius 1 is 1.32 bits per heavy atom. The number of carbonyl (C=O) groups is 1. The van der Waals surface area contributed by atoms with Crippen LogP contribution in [-0.2, 0) is 17.8 Å². The summed E-state index contributed by atoms with van der Waals surface area (Å²) in [5, 5.41) is 10.1. The normalized spacial score (nSPS) is 20.4. The molecule has 0 unspecified atom stereocenters. The molecule has 0 spiro atoms. The number of hydrogen-bond donors (Lipinski definition) is 2. The maximum Gasteiger partial charge on any atom is 0.223 e. The number of rotatable bonds is 5. The van der Waals surface area contributed by atoms with Crippen LogP contribution >= 0.6 is 11.6 Å². The first-order valence-electron chi connectivity index (χ1n) is 10.8. The van der Waals surface area contributed by atoms with Gasteiger partial charge in [-0.1, -0.05) is 18.5 Å². The van der Waals surface area contributed by atoms with E-state index in [0.29, 0.717) is 50.0 Å². The number of aryl methyl sites for hydroxylation is 1. The van der Waals surface area contributed by atoms with E-state index in [1.165, 1.54) is 16.7 Å². The Bertz CT molecular complexity index is 1010. The molecule has 2 aromatic heterocycles. The second-order valence-corrected chi connectivity index (χ2v) is 8.88. The molecule has 31 heavy (non-hydrogen) atoms. The number of aromatic nitrogens is 3. The Hall–Kier alpha value is -2.45. The summed E-state index contributed by atoms with van der Waals surface area (Å²) in [6, 6.07) is 0. The number of amides is 1. The van der Waals surface area contributed by atoms with E-state index in [4.69, 9.17) is 17.3 Å². The Balaban J connectivity index is 1.62. The van der Waals surface area contributed by atoms with Gasteiger partial charge in [-0.2, -0.15) is 4.98 Å². The van der Waals surface area contributed by atoms with Gasteiger partial charge in [0.15, 0.2) is 0 Å². The summed E-state index contributed by atoms with van der Waals surface area (Å²) in [5.41, 5.74) is 11.3. The second kappa shape index (κ2) is 8.59. The molecule has 2 atom stereocenters. The minimum Gasteiger partial charge on any atom is -0.391 e. The van der Waals surface area contributed by atoms with E-state index in [2.05, 4.69) is 40.6 Å². The molecule has 1 saturated heterocycles. The third kappa shape index (κ3) is 4.19. The molecule has 4 heterocycles. The largest absolute Gasteiger partial charge is 0.391 e. The number of pyridine rings is 1. The standard InChI is InChI=1S/C22H29ClN6O2/c1-4-16-12(2)8-25-17(13(16)3)11-29-9-14(7-18(31)28-6-5-15(30)10-28)19-20(23)26-22(24)27-21(19)29/h8,14-15,30H,4-7,9-11H2,1-3H3,(H2,24,26,27)/t14-,15+/m0/s1. The first kappa shape index (κ1) is 21.8. The summed E-state index contributed by atoms with van der Waals surface area (Å²) >= 11 is 6.47. The lowest BCUT2D eigenvalue weighted by Crippen LogP contribution is -2.31. The lowest BCUT2D eigenvalue weighted by atomic mass is 9.99. The van der Waals surface area contributed by atoms with Crippen molar-refractivity contribution in [2.45, 2.75) is 58.6 Å². The van der Waals surface area contributed by atoms with E-state index in [1.54, 1.807) is 4.90 Å². The zero-order chi connectivity index (χ0) is 22.3. The topological polar surface area (TPSA) is 108 Å². The van der Waals surface area contributed by atoms with Gasteiger partial charge in [0, 0.05) is 43.7 Å². The van der Waals surface area contributed by atoms with Crippen LogP contribution in [-0.4, -0.2) is 56.6 Å². The third-order valence-corrected chi connectivity index (χ3v) is 6.74. The summed E-state index contributed by atoms with van der Waals surface area (Å²) in [7, 11) is 0. The summed E-state index contributed by atoms with van der Waals surface area (Å²) in [6.45, 7) is 8.46. The number of carbonyl (C=O) groups excluding carboxylic acids is 1. The van der Waals surface area contributed by atoms with Crippen LogP contribution in [0.2, 0.25) is 5.15 Å². The number of nitrogens with zero attached hydrogens (tertiary/aromatic N) is 5. The van der Waals surface area contributed by atoms with Crippen molar-refractivity contribution in [2.75, 3.05) is 30.3 Å². The molecule has 166 valence electrons. The van der Waals surface area contributed by atoms with Gasteiger partial charge < -0.3 is 20.6 Å². The molecule has 0 radical (unpaired) electrons. The molecule has 0 aromatic carbocycles. The third-order valence-electron chi connectivity index (χ3n) is 6.45. The maximum absolute atomic E-state index is 12.9. The van der Waals surface area contributed by atoms with E-state index in [-0.39, 0.29) is 17.8 Å². The number of hydrogen-bond acceptors (Lipinski definition) is 7. The average Bonchev–Trinajstić information content (AvgIpc) is 3.28. The molecular formula is C22H29ClN6O2. The highest BCUT2D eigenvalue weighted by molar-refractivity contribution is 6.30. The van der Waals surface area contributed by atoms with Crippen molar-refractivity contribution in [1.29, 1.82) is 0 Å². The maximum atomic E-state index is 12.9. The first-order chi connectivity index (χ1) is 14.8. The summed E-state index contributed by atoms with van der Waals surface area (Å²) in [4.78, 5) is 29.9. The number of halogens is 1. The Labute approximate surface area is 187 Å². The van der Waals surface area contributed by atoms with Gasteiger partial charge in [0.05, 0.1) is 18.3 Å².